The van der Waals surface area contributed by atoms with Crippen molar-refractivity contribution in [2.45, 2.75) is 25.8 Å². The Labute approximate surface area is 162 Å². The third-order valence-corrected chi connectivity index (χ3v) is 5.64. The Morgan fingerprint density at radius 3 is 2.75 bits per heavy atom. The van der Waals surface area contributed by atoms with E-state index >= 15 is 0 Å². The summed E-state index contributed by atoms with van der Waals surface area (Å²) in [5.74, 6) is -0.320. The molecule has 0 spiro atoms. The Morgan fingerprint density at radius 2 is 2.07 bits per heavy atom. The fourth-order valence-corrected chi connectivity index (χ4v) is 3.54. The summed E-state index contributed by atoms with van der Waals surface area (Å²) in [6, 6.07) is 0. The standard InChI is InChI=1S/C19H22N6O3/c1-12-14(9-20-23(12)3)21-17(27)13-10-24(11-13)16(26)8-19(2)18(28)22-15-6-4-5-7-25(15)19/h4-7,9,13H,8,10-11H2,1-3H3,(H,21,27). The molecule has 28 heavy (non-hydrogen) atoms. The predicted molar refractivity (Wildman–Crippen MR) is 102 cm³/mol. The molecule has 1 N–H and O–H groups in total. The largest absolute Gasteiger partial charge is 0.341 e. The van der Waals surface area contributed by atoms with Gasteiger partial charge in [-0.25, -0.2) is 0 Å². The summed E-state index contributed by atoms with van der Waals surface area (Å²) in [6.07, 6.45) is 8.76. The van der Waals surface area contributed by atoms with Crippen LogP contribution in [0.15, 0.2) is 35.6 Å². The van der Waals surface area contributed by atoms with E-state index in [0.29, 0.717) is 24.6 Å². The molecule has 1 atom stereocenters. The molecule has 4 rings (SSSR count). The smallest absolute Gasteiger partial charge is 0.274 e. The number of allylic oxidation sites excluding steroid dienone is 2. The molecule has 0 aromatic carbocycles. The van der Waals surface area contributed by atoms with Crippen LogP contribution in [0.1, 0.15) is 19.0 Å². The summed E-state index contributed by atoms with van der Waals surface area (Å²) in [4.78, 5) is 44.9. The number of rotatable bonds is 4. The van der Waals surface area contributed by atoms with Crippen molar-refractivity contribution in [2.75, 3.05) is 18.4 Å². The zero-order chi connectivity index (χ0) is 20.1. The monoisotopic (exact) mass is 382 g/mol. The average Bonchev–Trinajstić information content (AvgIpc) is 3.05. The lowest BCUT2D eigenvalue weighted by atomic mass is 9.92. The van der Waals surface area contributed by atoms with Crippen LogP contribution in [0.3, 0.4) is 0 Å². The number of aliphatic imine (C=N–C) groups is 1. The number of aryl methyl sites for hydroxylation is 1. The molecular formula is C19H22N6O3. The lowest BCUT2D eigenvalue weighted by Crippen LogP contribution is -2.57. The third kappa shape index (κ3) is 2.83. The quantitative estimate of drug-likeness (QED) is 0.822. The molecule has 9 nitrogen and oxygen atoms in total. The molecule has 4 heterocycles. The van der Waals surface area contributed by atoms with Crippen LogP contribution < -0.4 is 5.32 Å². The van der Waals surface area contributed by atoms with E-state index in [1.54, 1.807) is 46.0 Å². The molecule has 1 aromatic rings. The second kappa shape index (κ2) is 6.43. The number of nitrogens with zero attached hydrogens (tertiary/aromatic N) is 5. The molecule has 146 valence electrons. The highest BCUT2D eigenvalue weighted by Crippen LogP contribution is 2.32. The molecule has 0 radical (unpaired) electrons. The number of hydrogen-bond donors (Lipinski definition) is 1. The summed E-state index contributed by atoms with van der Waals surface area (Å²) in [5.41, 5.74) is 0.525. The minimum atomic E-state index is -1.02. The van der Waals surface area contributed by atoms with E-state index < -0.39 is 5.54 Å². The molecule has 0 aliphatic carbocycles. The first-order valence-corrected chi connectivity index (χ1v) is 9.14. The number of fused-ring (bicyclic) bond motifs is 1. The maximum absolute atomic E-state index is 12.7. The van der Waals surface area contributed by atoms with Gasteiger partial charge in [0.05, 0.1) is 29.9 Å². The Hall–Kier alpha value is -3.23. The summed E-state index contributed by atoms with van der Waals surface area (Å²) in [7, 11) is 1.81. The average molecular weight is 382 g/mol. The molecule has 3 amide bonds. The maximum Gasteiger partial charge on any atom is 0.274 e. The number of likely N-dealkylation sites (tertiary alicyclic amines) is 1. The number of anilines is 1. The lowest BCUT2D eigenvalue weighted by Gasteiger charge is -2.41. The minimum absolute atomic E-state index is 0.0209. The van der Waals surface area contributed by atoms with E-state index in [-0.39, 0.29) is 30.1 Å². The molecule has 1 unspecified atom stereocenters. The number of nitrogens with one attached hydrogen (secondary N) is 1. The van der Waals surface area contributed by atoms with Crippen molar-refractivity contribution in [2.24, 2.45) is 18.0 Å². The van der Waals surface area contributed by atoms with Crippen molar-refractivity contribution in [3.05, 3.63) is 36.3 Å². The molecule has 0 saturated carbocycles. The van der Waals surface area contributed by atoms with Gasteiger partial charge in [-0.1, -0.05) is 6.08 Å². The molecule has 0 bridgehead atoms. The molecule has 1 saturated heterocycles. The first-order chi connectivity index (χ1) is 13.3. The van der Waals surface area contributed by atoms with Gasteiger partial charge in [0.25, 0.3) is 5.91 Å². The van der Waals surface area contributed by atoms with E-state index in [4.69, 9.17) is 0 Å². The van der Waals surface area contributed by atoms with Gasteiger partial charge in [-0.3, -0.25) is 19.1 Å². The van der Waals surface area contributed by atoms with Crippen molar-refractivity contribution in [1.29, 1.82) is 0 Å². The van der Waals surface area contributed by atoms with E-state index in [2.05, 4.69) is 15.4 Å². The minimum Gasteiger partial charge on any atom is -0.341 e. The number of carbonyl (C=O) groups is 3. The van der Waals surface area contributed by atoms with Gasteiger partial charge in [-0.2, -0.15) is 10.1 Å². The fraction of sp³-hybridized carbons (Fsp3) is 0.421. The van der Waals surface area contributed by atoms with Gasteiger partial charge in [-0.15, -0.1) is 0 Å². The highest BCUT2D eigenvalue weighted by molar-refractivity contribution is 6.13. The number of aromatic nitrogens is 2. The van der Waals surface area contributed by atoms with Crippen LogP contribution in [0.5, 0.6) is 0 Å². The van der Waals surface area contributed by atoms with Gasteiger partial charge < -0.3 is 15.1 Å². The van der Waals surface area contributed by atoms with Crippen LogP contribution in [-0.4, -0.2) is 61.8 Å². The lowest BCUT2D eigenvalue weighted by molar-refractivity contribution is -0.145. The Kier molecular flexibility index (Phi) is 4.17. The van der Waals surface area contributed by atoms with Crippen molar-refractivity contribution < 1.29 is 14.4 Å². The van der Waals surface area contributed by atoms with Crippen LogP contribution in [0.25, 0.3) is 0 Å². The molecule has 9 heteroatoms. The number of amidine groups is 1. The van der Waals surface area contributed by atoms with Gasteiger partial charge in [0.1, 0.15) is 11.4 Å². The van der Waals surface area contributed by atoms with E-state index in [1.165, 1.54) is 0 Å². The van der Waals surface area contributed by atoms with Crippen molar-refractivity contribution in [3.8, 4) is 0 Å². The van der Waals surface area contributed by atoms with Crippen LogP contribution in [0.4, 0.5) is 5.69 Å². The van der Waals surface area contributed by atoms with Crippen LogP contribution in [0, 0.1) is 12.8 Å². The predicted octanol–water partition coefficient (Wildman–Crippen LogP) is 0.598. The van der Waals surface area contributed by atoms with Gasteiger partial charge in [-0.05, 0) is 26.0 Å². The number of amides is 3. The van der Waals surface area contributed by atoms with Crippen LogP contribution in [0.2, 0.25) is 0 Å². The van der Waals surface area contributed by atoms with E-state index in [0.717, 1.165) is 5.69 Å². The van der Waals surface area contributed by atoms with Crippen molar-refractivity contribution in [1.82, 2.24) is 19.6 Å². The van der Waals surface area contributed by atoms with Crippen LogP contribution in [-0.2, 0) is 21.4 Å². The van der Waals surface area contributed by atoms with E-state index in [1.807, 2.05) is 20.0 Å². The molecule has 3 aliphatic heterocycles. The van der Waals surface area contributed by atoms with Gasteiger partial charge in [0.2, 0.25) is 11.8 Å². The SMILES string of the molecule is Cc1c(NC(=O)C2CN(C(=O)CC3(C)C(=O)N=C4C=CC=CN43)C2)cnn1C. The van der Waals surface area contributed by atoms with Crippen LogP contribution >= 0.6 is 0 Å². The zero-order valence-electron chi connectivity index (χ0n) is 16.0. The van der Waals surface area contributed by atoms with Gasteiger partial charge in [0.15, 0.2) is 0 Å². The Morgan fingerprint density at radius 1 is 1.32 bits per heavy atom. The first kappa shape index (κ1) is 18.1. The molecular weight excluding hydrogens is 360 g/mol. The Balaban J connectivity index is 1.33. The highest BCUT2D eigenvalue weighted by atomic mass is 16.2. The zero-order valence-corrected chi connectivity index (χ0v) is 16.0. The van der Waals surface area contributed by atoms with Gasteiger partial charge in [0, 0.05) is 26.3 Å². The van der Waals surface area contributed by atoms with Crippen molar-refractivity contribution >= 4 is 29.2 Å². The normalized spacial score (nSPS) is 23.5. The Bertz CT molecular complexity index is 953. The summed E-state index contributed by atoms with van der Waals surface area (Å²) < 4.78 is 1.69. The number of carbonyl (C=O) groups excluding carboxylic acids is 3. The fourth-order valence-electron chi connectivity index (χ4n) is 3.54. The highest BCUT2D eigenvalue weighted by Gasteiger charge is 2.48. The van der Waals surface area contributed by atoms with E-state index in [9.17, 15) is 14.4 Å². The third-order valence-electron chi connectivity index (χ3n) is 5.64. The topological polar surface area (TPSA) is 99.9 Å². The number of hydrogen-bond acceptors (Lipinski definition) is 5. The summed E-state index contributed by atoms with van der Waals surface area (Å²) in [6.45, 7) is 4.29. The molecule has 1 fully saturated rings. The van der Waals surface area contributed by atoms with Gasteiger partial charge >= 0.3 is 0 Å². The first-order valence-electron chi connectivity index (χ1n) is 9.14. The molecule has 1 aromatic heterocycles. The second-order valence-electron chi connectivity index (χ2n) is 7.55. The van der Waals surface area contributed by atoms with Crippen molar-refractivity contribution in [3.63, 3.8) is 0 Å². The summed E-state index contributed by atoms with van der Waals surface area (Å²) in [5, 5.41) is 6.96. The molecule has 3 aliphatic rings. The summed E-state index contributed by atoms with van der Waals surface area (Å²) >= 11 is 0. The second-order valence-corrected chi connectivity index (χ2v) is 7.55. The maximum atomic E-state index is 12.7.